The smallest absolute Gasteiger partial charge is 0.306 e. The van der Waals surface area contributed by atoms with Crippen LogP contribution in [0.1, 0.15) is 162 Å². The van der Waals surface area contributed by atoms with E-state index in [9.17, 15) is 14.4 Å². The molecular formula is C55H82O6. The number of carbonyl (C=O) groups is 3. The SMILES string of the molecule is CC\C=C/C=C\C=C/C=C\C=C\C=C/CCCCCC(=O)OCC(COC(=O)CCCCC/C=C\C=C/CCCC)OC(=O)CCCCCCC\C=C/C=C\C=C/C=C\CC. The average molecular weight is 839 g/mol. The van der Waals surface area contributed by atoms with Crippen LogP contribution in [0.3, 0.4) is 0 Å². The largest absolute Gasteiger partial charge is 0.462 e. The lowest BCUT2D eigenvalue weighted by Crippen LogP contribution is -2.30. The molecule has 1 atom stereocenters. The van der Waals surface area contributed by atoms with Crippen LogP contribution in [0, 0.1) is 0 Å². The molecule has 0 aromatic carbocycles. The van der Waals surface area contributed by atoms with Crippen LogP contribution in [-0.4, -0.2) is 37.2 Å². The Bertz CT molecular complexity index is 1430. The molecule has 1 unspecified atom stereocenters. The molecule has 0 heterocycles. The zero-order valence-electron chi connectivity index (χ0n) is 38.4. The maximum Gasteiger partial charge on any atom is 0.306 e. The van der Waals surface area contributed by atoms with Crippen molar-refractivity contribution >= 4 is 17.9 Å². The molecule has 0 saturated heterocycles. The zero-order valence-corrected chi connectivity index (χ0v) is 38.4. The predicted molar refractivity (Wildman–Crippen MR) is 260 cm³/mol. The highest BCUT2D eigenvalue weighted by atomic mass is 16.6. The van der Waals surface area contributed by atoms with Gasteiger partial charge in [0, 0.05) is 19.3 Å². The molecule has 0 aromatic rings. The number of allylic oxidation sites excluding steroid dienone is 24. The van der Waals surface area contributed by atoms with Crippen molar-refractivity contribution in [3.8, 4) is 0 Å². The number of ether oxygens (including phenoxy) is 3. The van der Waals surface area contributed by atoms with Crippen molar-refractivity contribution in [1.29, 1.82) is 0 Å². The van der Waals surface area contributed by atoms with Crippen LogP contribution >= 0.6 is 0 Å². The van der Waals surface area contributed by atoms with E-state index in [-0.39, 0.29) is 44.0 Å². The third kappa shape index (κ3) is 46.2. The topological polar surface area (TPSA) is 78.9 Å². The molecule has 61 heavy (non-hydrogen) atoms. The van der Waals surface area contributed by atoms with Crippen molar-refractivity contribution in [3.63, 3.8) is 0 Å². The van der Waals surface area contributed by atoms with Gasteiger partial charge < -0.3 is 14.2 Å². The van der Waals surface area contributed by atoms with E-state index in [1.165, 1.54) is 12.8 Å². The Labute approximate surface area is 372 Å². The summed E-state index contributed by atoms with van der Waals surface area (Å²) in [7, 11) is 0. The van der Waals surface area contributed by atoms with Crippen molar-refractivity contribution < 1.29 is 28.6 Å². The second-order valence-electron chi connectivity index (χ2n) is 14.8. The zero-order chi connectivity index (χ0) is 44.4. The van der Waals surface area contributed by atoms with Gasteiger partial charge in [0.15, 0.2) is 6.10 Å². The van der Waals surface area contributed by atoms with Crippen molar-refractivity contribution in [2.45, 2.75) is 168 Å². The highest BCUT2D eigenvalue weighted by Gasteiger charge is 2.19. The number of hydrogen-bond donors (Lipinski definition) is 0. The summed E-state index contributed by atoms with van der Waals surface area (Å²) in [6.07, 6.45) is 68.2. The second kappa shape index (κ2) is 48.0. The Kier molecular flexibility index (Phi) is 44.3. The molecule has 0 radical (unpaired) electrons. The van der Waals surface area contributed by atoms with Crippen molar-refractivity contribution in [1.82, 2.24) is 0 Å². The van der Waals surface area contributed by atoms with Gasteiger partial charge in [-0.05, 0) is 77.0 Å². The van der Waals surface area contributed by atoms with Gasteiger partial charge in [-0.15, -0.1) is 0 Å². The molecule has 0 amide bonds. The molecule has 338 valence electrons. The van der Waals surface area contributed by atoms with Crippen LogP contribution in [0.25, 0.3) is 0 Å². The quantitative estimate of drug-likeness (QED) is 0.0265. The fourth-order valence-electron chi connectivity index (χ4n) is 5.58. The summed E-state index contributed by atoms with van der Waals surface area (Å²) in [6, 6.07) is 0. The molecule has 0 aromatic heterocycles. The minimum absolute atomic E-state index is 0.124. The first-order valence-electron chi connectivity index (χ1n) is 23.5. The molecular weight excluding hydrogens is 757 g/mol. The van der Waals surface area contributed by atoms with Crippen LogP contribution in [0.4, 0.5) is 0 Å². The van der Waals surface area contributed by atoms with Crippen molar-refractivity contribution in [3.05, 3.63) is 146 Å². The summed E-state index contributed by atoms with van der Waals surface area (Å²) in [6.45, 7) is 6.17. The Balaban J connectivity index is 4.59. The maximum absolute atomic E-state index is 12.8. The van der Waals surface area contributed by atoms with Crippen LogP contribution in [0.15, 0.2) is 146 Å². The average Bonchev–Trinajstić information content (AvgIpc) is 3.26. The molecule has 0 bridgehead atoms. The summed E-state index contributed by atoms with van der Waals surface area (Å²) < 4.78 is 16.6. The first-order chi connectivity index (χ1) is 30.0. The summed E-state index contributed by atoms with van der Waals surface area (Å²) in [5, 5.41) is 0. The molecule has 0 spiro atoms. The maximum atomic E-state index is 12.8. The van der Waals surface area contributed by atoms with Gasteiger partial charge in [-0.2, -0.15) is 0 Å². The van der Waals surface area contributed by atoms with Crippen molar-refractivity contribution in [2.75, 3.05) is 13.2 Å². The number of hydrogen-bond acceptors (Lipinski definition) is 6. The van der Waals surface area contributed by atoms with Gasteiger partial charge in [-0.1, -0.05) is 212 Å². The first kappa shape index (κ1) is 56.3. The molecule has 0 rings (SSSR count). The van der Waals surface area contributed by atoms with E-state index in [0.29, 0.717) is 12.8 Å². The summed E-state index contributed by atoms with van der Waals surface area (Å²) >= 11 is 0. The minimum atomic E-state index is -0.825. The van der Waals surface area contributed by atoms with E-state index < -0.39 is 6.10 Å². The lowest BCUT2D eigenvalue weighted by atomic mass is 10.1. The van der Waals surface area contributed by atoms with Crippen LogP contribution < -0.4 is 0 Å². The van der Waals surface area contributed by atoms with Gasteiger partial charge in [0.25, 0.3) is 0 Å². The summed E-state index contributed by atoms with van der Waals surface area (Å²) in [5.74, 6) is -1.03. The van der Waals surface area contributed by atoms with Crippen LogP contribution in [0.5, 0.6) is 0 Å². The third-order valence-corrected chi connectivity index (χ3v) is 9.09. The highest BCUT2D eigenvalue weighted by Crippen LogP contribution is 2.11. The summed E-state index contributed by atoms with van der Waals surface area (Å²) in [5.41, 5.74) is 0. The molecule has 0 fully saturated rings. The molecule has 0 saturated carbocycles. The Morgan fingerprint density at radius 2 is 0.639 bits per heavy atom. The Morgan fingerprint density at radius 3 is 1.03 bits per heavy atom. The van der Waals surface area contributed by atoms with E-state index in [2.05, 4.69) is 81.5 Å². The lowest BCUT2D eigenvalue weighted by Gasteiger charge is -2.18. The Morgan fingerprint density at radius 1 is 0.344 bits per heavy atom. The molecule has 6 nitrogen and oxygen atoms in total. The number of carbonyl (C=O) groups excluding carboxylic acids is 3. The number of rotatable bonds is 39. The van der Waals surface area contributed by atoms with E-state index >= 15 is 0 Å². The van der Waals surface area contributed by atoms with Gasteiger partial charge in [0.05, 0.1) is 0 Å². The van der Waals surface area contributed by atoms with Crippen LogP contribution in [0.2, 0.25) is 0 Å². The second-order valence-corrected chi connectivity index (χ2v) is 14.8. The number of unbranched alkanes of at least 4 members (excludes halogenated alkanes) is 13. The van der Waals surface area contributed by atoms with Gasteiger partial charge in [0.1, 0.15) is 13.2 Å². The van der Waals surface area contributed by atoms with Crippen molar-refractivity contribution in [2.24, 2.45) is 0 Å². The predicted octanol–water partition coefficient (Wildman–Crippen LogP) is 15.3. The highest BCUT2D eigenvalue weighted by molar-refractivity contribution is 5.71. The molecule has 0 aliphatic carbocycles. The standard InChI is InChI=1S/C55H82O6/c1-4-7-10-13-16-19-22-24-26-27-29-30-33-36-39-42-45-48-54(57)60-51-52(50-59-53(56)47-44-41-38-35-32-21-18-15-12-9-6-3)61-55(58)49-46-43-40-37-34-31-28-25-23-20-17-14-11-8-5-2/h7-8,10-11,13-30,32-33,52H,4-6,9,12,31,34-51H2,1-3H3/b10-7-,11-8-,16-13-,17-14-,18-15-,22-19-,23-20-,26-24-,28-25-,29-27+,32-21-,33-30-. The molecule has 0 N–H and O–H groups in total. The van der Waals surface area contributed by atoms with Gasteiger partial charge in [-0.25, -0.2) is 0 Å². The first-order valence-corrected chi connectivity index (χ1v) is 23.5. The fraction of sp³-hybridized carbons (Fsp3) is 0.509. The fourth-order valence-corrected chi connectivity index (χ4v) is 5.58. The number of esters is 3. The third-order valence-electron chi connectivity index (χ3n) is 9.09. The van der Waals surface area contributed by atoms with Crippen LogP contribution in [-0.2, 0) is 28.6 Å². The monoisotopic (exact) mass is 839 g/mol. The van der Waals surface area contributed by atoms with E-state index in [1.807, 2.05) is 85.1 Å². The minimum Gasteiger partial charge on any atom is -0.462 e. The van der Waals surface area contributed by atoms with Gasteiger partial charge in [-0.3, -0.25) is 14.4 Å². The summed E-state index contributed by atoms with van der Waals surface area (Å²) in [4.78, 5) is 37.8. The Hall–Kier alpha value is -4.71. The normalized spacial score (nSPS) is 13.4. The van der Waals surface area contributed by atoms with Gasteiger partial charge >= 0.3 is 17.9 Å². The molecule has 6 heteroatoms. The van der Waals surface area contributed by atoms with E-state index in [0.717, 1.165) is 103 Å². The van der Waals surface area contributed by atoms with Gasteiger partial charge in [0.2, 0.25) is 0 Å². The lowest BCUT2D eigenvalue weighted by molar-refractivity contribution is -0.167. The van der Waals surface area contributed by atoms with E-state index in [4.69, 9.17) is 14.2 Å². The van der Waals surface area contributed by atoms with E-state index in [1.54, 1.807) is 0 Å². The molecule has 0 aliphatic rings. The molecule has 0 aliphatic heterocycles.